The first-order valence-corrected chi connectivity index (χ1v) is 9.41. The Morgan fingerprint density at radius 3 is 2.33 bits per heavy atom. The van der Waals surface area contributed by atoms with Crippen molar-refractivity contribution in [3.05, 3.63) is 29.8 Å². The fraction of sp³-hybridized carbons (Fsp3) is 0.550. The van der Waals surface area contributed by atoms with Crippen LogP contribution in [0.2, 0.25) is 0 Å². The third-order valence-electron chi connectivity index (χ3n) is 3.93. The summed E-state index contributed by atoms with van der Waals surface area (Å²) in [6.07, 6.45) is 2.06. The van der Waals surface area contributed by atoms with Gasteiger partial charge < -0.3 is 10.5 Å². The van der Waals surface area contributed by atoms with E-state index < -0.39 is 0 Å². The molecule has 0 spiro atoms. The van der Waals surface area contributed by atoms with Crippen molar-refractivity contribution < 1.29 is 24.0 Å². The van der Waals surface area contributed by atoms with E-state index in [0.717, 1.165) is 5.56 Å². The van der Waals surface area contributed by atoms with E-state index in [1.807, 2.05) is 24.3 Å². The van der Waals surface area contributed by atoms with Gasteiger partial charge in [0.15, 0.2) is 0 Å². The number of rotatable bonds is 13. The molecule has 0 bridgehead atoms. The van der Waals surface area contributed by atoms with Crippen LogP contribution in [0.25, 0.3) is 0 Å². The van der Waals surface area contributed by atoms with E-state index in [-0.39, 0.29) is 43.5 Å². The predicted molar refractivity (Wildman–Crippen MR) is 103 cm³/mol. The lowest BCUT2D eigenvalue weighted by molar-refractivity contribution is -0.186. The fourth-order valence-electron chi connectivity index (χ4n) is 2.43. The van der Waals surface area contributed by atoms with Crippen molar-refractivity contribution >= 4 is 23.3 Å². The van der Waals surface area contributed by atoms with Gasteiger partial charge in [-0.25, -0.2) is 5.06 Å². The van der Waals surface area contributed by atoms with Crippen molar-refractivity contribution in [3.63, 3.8) is 0 Å². The van der Waals surface area contributed by atoms with Gasteiger partial charge in [-0.15, -0.1) is 0 Å². The molecule has 0 saturated carbocycles. The second kappa shape index (κ2) is 12.9. The Morgan fingerprint density at radius 1 is 1.00 bits per heavy atom. The van der Waals surface area contributed by atoms with Crippen LogP contribution in [0.1, 0.15) is 51.5 Å². The molecular formula is C20H30N2O5. The number of esters is 1. The standard InChI is InChI=1S/C20H30N2O5/c1-3-22(27-15-5-6-20(25)26-4-2)19(24)14-13-18(23)12-9-16-7-10-17(21)11-8-16/h7-8,10-11H,3-6,9,12-15,21H2,1-2H3. The zero-order valence-corrected chi connectivity index (χ0v) is 16.2. The molecule has 0 aliphatic rings. The molecule has 7 nitrogen and oxygen atoms in total. The monoisotopic (exact) mass is 378 g/mol. The van der Waals surface area contributed by atoms with E-state index in [1.165, 1.54) is 5.06 Å². The lowest BCUT2D eigenvalue weighted by Crippen LogP contribution is -2.31. The molecule has 0 radical (unpaired) electrons. The van der Waals surface area contributed by atoms with Crippen LogP contribution >= 0.6 is 0 Å². The third kappa shape index (κ3) is 9.75. The molecule has 1 amide bonds. The van der Waals surface area contributed by atoms with Crippen molar-refractivity contribution in [1.82, 2.24) is 5.06 Å². The zero-order chi connectivity index (χ0) is 20.1. The summed E-state index contributed by atoms with van der Waals surface area (Å²) in [4.78, 5) is 40.8. The van der Waals surface area contributed by atoms with Crippen LogP contribution in [0.3, 0.4) is 0 Å². The number of ether oxygens (including phenoxy) is 1. The number of carbonyl (C=O) groups excluding carboxylic acids is 3. The average molecular weight is 378 g/mol. The Hall–Kier alpha value is -2.41. The summed E-state index contributed by atoms with van der Waals surface area (Å²) in [5.74, 6) is -0.463. The van der Waals surface area contributed by atoms with Crippen molar-refractivity contribution in [1.29, 1.82) is 0 Å². The van der Waals surface area contributed by atoms with E-state index in [4.69, 9.17) is 15.3 Å². The second-order valence-corrected chi connectivity index (χ2v) is 6.11. The average Bonchev–Trinajstić information content (AvgIpc) is 2.66. The highest BCUT2D eigenvalue weighted by Gasteiger charge is 2.15. The van der Waals surface area contributed by atoms with Crippen LogP contribution in [0.5, 0.6) is 0 Å². The van der Waals surface area contributed by atoms with Crippen LogP contribution in [0, 0.1) is 0 Å². The zero-order valence-electron chi connectivity index (χ0n) is 16.2. The number of aryl methyl sites for hydroxylation is 1. The Kier molecular flexibility index (Phi) is 10.8. The summed E-state index contributed by atoms with van der Waals surface area (Å²) in [7, 11) is 0. The smallest absolute Gasteiger partial charge is 0.305 e. The number of benzene rings is 1. The van der Waals surface area contributed by atoms with Gasteiger partial charge >= 0.3 is 5.97 Å². The highest BCUT2D eigenvalue weighted by molar-refractivity contribution is 5.84. The summed E-state index contributed by atoms with van der Waals surface area (Å²) in [5.41, 5.74) is 7.37. The Balaban J connectivity index is 2.24. The molecule has 1 aromatic rings. The molecule has 0 aliphatic carbocycles. The number of anilines is 1. The molecule has 0 heterocycles. The molecular weight excluding hydrogens is 348 g/mol. The number of hydrogen-bond donors (Lipinski definition) is 1. The Labute approximate surface area is 160 Å². The first-order valence-electron chi connectivity index (χ1n) is 9.41. The molecule has 1 aromatic carbocycles. The highest BCUT2D eigenvalue weighted by atomic mass is 16.7. The lowest BCUT2D eigenvalue weighted by atomic mass is 10.0. The number of amides is 1. The van der Waals surface area contributed by atoms with Crippen LogP contribution in [-0.4, -0.2) is 42.5 Å². The number of carbonyl (C=O) groups is 3. The van der Waals surface area contributed by atoms with E-state index in [0.29, 0.717) is 38.1 Å². The topological polar surface area (TPSA) is 98.9 Å². The summed E-state index contributed by atoms with van der Waals surface area (Å²) in [6.45, 7) is 4.54. The van der Waals surface area contributed by atoms with Crippen LogP contribution in [-0.2, 0) is 30.4 Å². The number of Topliss-reactive ketones (excluding diaryl/α,β-unsaturated/α-hetero) is 1. The maximum Gasteiger partial charge on any atom is 0.305 e. The van der Waals surface area contributed by atoms with Crippen molar-refractivity contribution in [3.8, 4) is 0 Å². The van der Waals surface area contributed by atoms with Gasteiger partial charge in [0.1, 0.15) is 5.78 Å². The fourth-order valence-corrected chi connectivity index (χ4v) is 2.43. The molecule has 0 atom stereocenters. The predicted octanol–water partition coefficient (Wildman–Crippen LogP) is 2.67. The first-order chi connectivity index (χ1) is 13.0. The summed E-state index contributed by atoms with van der Waals surface area (Å²) >= 11 is 0. The van der Waals surface area contributed by atoms with Gasteiger partial charge in [-0.2, -0.15) is 0 Å². The molecule has 0 saturated heterocycles. The number of nitrogen functional groups attached to an aromatic ring is 1. The first kappa shape index (κ1) is 22.6. The minimum absolute atomic E-state index is 0.0403. The van der Waals surface area contributed by atoms with E-state index in [1.54, 1.807) is 13.8 Å². The summed E-state index contributed by atoms with van der Waals surface area (Å²) in [6, 6.07) is 7.41. The minimum Gasteiger partial charge on any atom is -0.466 e. The molecule has 150 valence electrons. The molecule has 0 aromatic heterocycles. The molecule has 7 heteroatoms. The number of nitrogens with zero attached hydrogens (tertiary/aromatic N) is 1. The summed E-state index contributed by atoms with van der Waals surface area (Å²) < 4.78 is 4.83. The number of nitrogens with two attached hydrogens (primary N) is 1. The van der Waals surface area contributed by atoms with Crippen LogP contribution < -0.4 is 5.73 Å². The van der Waals surface area contributed by atoms with Gasteiger partial charge in [-0.05, 0) is 44.4 Å². The number of hydroxylamine groups is 2. The van der Waals surface area contributed by atoms with Gasteiger partial charge in [-0.3, -0.25) is 19.2 Å². The quantitative estimate of drug-likeness (QED) is 0.245. The SMILES string of the molecule is CCOC(=O)CCCON(CC)C(=O)CCC(=O)CCc1ccc(N)cc1. The third-order valence-corrected chi connectivity index (χ3v) is 3.93. The van der Waals surface area contributed by atoms with Crippen LogP contribution in [0.15, 0.2) is 24.3 Å². The van der Waals surface area contributed by atoms with Crippen LogP contribution in [0.4, 0.5) is 5.69 Å². The minimum atomic E-state index is -0.276. The molecule has 0 unspecified atom stereocenters. The van der Waals surface area contributed by atoms with Gasteiger partial charge in [0.25, 0.3) is 0 Å². The molecule has 1 rings (SSSR count). The second-order valence-electron chi connectivity index (χ2n) is 6.11. The Morgan fingerprint density at radius 2 is 1.70 bits per heavy atom. The van der Waals surface area contributed by atoms with E-state index in [2.05, 4.69) is 0 Å². The Bertz CT molecular complexity index is 601. The van der Waals surface area contributed by atoms with E-state index in [9.17, 15) is 14.4 Å². The summed E-state index contributed by atoms with van der Waals surface area (Å²) in [5, 5.41) is 1.25. The largest absolute Gasteiger partial charge is 0.466 e. The maximum absolute atomic E-state index is 12.2. The lowest BCUT2D eigenvalue weighted by Gasteiger charge is -2.20. The van der Waals surface area contributed by atoms with Gasteiger partial charge in [0.2, 0.25) is 5.91 Å². The molecule has 0 fully saturated rings. The molecule has 27 heavy (non-hydrogen) atoms. The van der Waals surface area contributed by atoms with E-state index >= 15 is 0 Å². The number of hydrogen-bond acceptors (Lipinski definition) is 6. The normalized spacial score (nSPS) is 10.4. The van der Waals surface area contributed by atoms with Gasteiger partial charge in [0, 0.05) is 37.9 Å². The molecule has 0 aliphatic heterocycles. The van der Waals surface area contributed by atoms with Crippen molar-refractivity contribution in [2.45, 2.75) is 52.4 Å². The molecule has 2 N–H and O–H groups in total. The van der Waals surface area contributed by atoms with Gasteiger partial charge in [-0.1, -0.05) is 12.1 Å². The van der Waals surface area contributed by atoms with Crippen molar-refractivity contribution in [2.24, 2.45) is 0 Å². The van der Waals surface area contributed by atoms with Gasteiger partial charge in [0.05, 0.1) is 13.2 Å². The highest BCUT2D eigenvalue weighted by Crippen LogP contribution is 2.10. The maximum atomic E-state index is 12.2. The van der Waals surface area contributed by atoms with Crippen molar-refractivity contribution in [2.75, 3.05) is 25.5 Å². The number of ketones is 1.